The summed E-state index contributed by atoms with van der Waals surface area (Å²) in [4.78, 5) is 5.75. The molecule has 0 amide bonds. The first kappa shape index (κ1) is 16.0. The number of benzene rings is 1. The van der Waals surface area contributed by atoms with Gasteiger partial charge in [-0.1, -0.05) is 18.2 Å². The van der Waals surface area contributed by atoms with E-state index in [0.29, 0.717) is 12.1 Å². The lowest BCUT2D eigenvalue weighted by Crippen LogP contribution is -2.31. The Hall–Kier alpha value is -1.33. The van der Waals surface area contributed by atoms with E-state index in [-0.39, 0.29) is 0 Å². The summed E-state index contributed by atoms with van der Waals surface area (Å²) in [6, 6.07) is 9.26. The highest BCUT2D eigenvalue weighted by atomic mass is 32.2. The molecule has 1 heterocycles. The fourth-order valence-electron chi connectivity index (χ4n) is 2.22. The number of thioether (sulfide) groups is 1. The van der Waals surface area contributed by atoms with Crippen LogP contribution in [0.25, 0.3) is 0 Å². The molecule has 5 heteroatoms. The Morgan fingerprint density at radius 3 is 2.71 bits per heavy atom. The summed E-state index contributed by atoms with van der Waals surface area (Å²) in [6.45, 7) is 6.43. The van der Waals surface area contributed by atoms with Gasteiger partial charge in [-0.05, 0) is 39.4 Å². The van der Waals surface area contributed by atoms with E-state index < -0.39 is 0 Å². The van der Waals surface area contributed by atoms with Crippen LogP contribution in [0.15, 0.2) is 35.5 Å². The normalized spacial score (nSPS) is 12.8. The van der Waals surface area contributed by atoms with Crippen LogP contribution in [-0.4, -0.2) is 33.6 Å². The summed E-state index contributed by atoms with van der Waals surface area (Å²) < 4.78 is 2.00. The average molecular weight is 304 g/mol. The zero-order valence-electron chi connectivity index (χ0n) is 13.2. The highest BCUT2D eigenvalue weighted by Gasteiger charge is 2.14. The Morgan fingerprint density at radius 2 is 2.05 bits per heavy atom. The van der Waals surface area contributed by atoms with Crippen LogP contribution in [0.4, 0.5) is 0 Å². The van der Waals surface area contributed by atoms with Gasteiger partial charge in [-0.25, -0.2) is 9.67 Å². The first-order chi connectivity index (χ1) is 10.1. The standard InChI is InChI=1S/C16H24N4S/c1-12(2)20-16(18-11-19-20)9-14(17-4)10-21-15-8-6-5-7-13(15)3/h5-8,11-12,14,17H,9-10H2,1-4H3. The fraction of sp³-hybridized carbons (Fsp3) is 0.500. The van der Waals surface area contributed by atoms with E-state index in [4.69, 9.17) is 0 Å². The molecule has 1 aromatic heterocycles. The van der Waals surface area contributed by atoms with Gasteiger partial charge >= 0.3 is 0 Å². The van der Waals surface area contributed by atoms with Crippen molar-refractivity contribution in [3.8, 4) is 0 Å². The summed E-state index contributed by atoms with van der Waals surface area (Å²) >= 11 is 1.90. The second kappa shape index (κ2) is 7.61. The van der Waals surface area contributed by atoms with E-state index in [0.717, 1.165) is 18.0 Å². The van der Waals surface area contributed by atoms with Crippen molar-refractivity contribution in [2.24, 2.45) is 0 Å². The molecule has 0 aliphatic carbocycles. The van der Waals surface area contributed by atoms with Crippen LogP contribution >= 0.6 is 11.8 Å². The topological polar surface area (TPSA) is 42.7 Å². The highest BCUT2D eigenvalue weighted by Crippen LogP contribution is 2.23. The molecule has 2 aromatic rings. The molecule has 1 aromatic carbocycles. The number of hydrogen-bond donors (Lipinski definition) is 1. The molecular weight excluding hydrogens is 280 g/mol. The number of rotatable bonds is 7. The van der Waals surface area contributed by atoms with Gasteiger partial charge in [-0.3, -0.25) is 0 Å². The third-order valence-corrected chi connectivity index (χ3v) is 4.85. The van der Waals surface area contributed by atoms with Crippen molar-refractivity contribution in [3.63, 3.8) is 0 Å². The van der Waals surface area contributed by atoms with E-state index in [1.165, 1.54) is 10.5 Å². The van der Waals surface area contributed by atoms with Crippen LogP contribution < -0.4 is 5.32 Å². The van der Waals surface area contributed by atoms with Crippen molar-refractivity contribution in [2.75, 3.05) is 12.8 Å². The second-order valence-corrected chi connectivity index (χ2v) is 6.54. The summed E-state index contributed by atoms with van der Waals surface area (Å²) in [5, 5.41) is 7.70. The lowest BCUT2D eigenvalue weighted by molar-refractivity contribution is 0.484. The van der Waals surface area contributed by atoms with Gasteiger partial charge in [0.1, 0.15) is 12.2 Å². The van der Waals surface area contributed by atoms with Gasteiger partial charge in [0, 0.05) is 29.2 Å². The second-order valence-electron chi connectivity index (χ2n) is 5.48. The van der Waals surface area contributed by atoms with Gasteiger partial charge in [0.2, 0.25) is 0 Å². The number of nitrogens with one attached hydrogen (secondary N) is 1. The SMILES string of the molecule is CNC(CSc1ccccc1C)Cc1ncnn1C(C)C. The van der Waals surface area contributed by atoms with Crippen molar-refractivity contribution in [2.45, 2.75) is 44.2 Å². The van der Waals surface area contributed by atoms with Gasteiger partial charge in [0.15, 0.2) is 0 Å². The highest BCUT2D eigenvalue weighted by molar-refractivity contribution is 7.99. The zero-order valence-corrected chi connectivity index (χ0v) is 14.0. The summed E-state index contributed by atoms with van der Waals surface area (Å²) in [7, 11) is 2.01. The largest absolute Gasteiger partial charge is 0.316 e. The quantitative estimate of drug-likeness (QED) is 0.798. The predicted molar refractivity (Wildman–Crippen MR) is 88.9 cm³/mol. The average Bonchev–Trinajstić information content (AvgIpc) is 2.93. The Kier molecular flexibility index (Phi) is 5.82. The van der Waals surface area contributed by atoms with E-state index in [9.17, 15) is 0 Å². The fourth-order valence-corrected chi connectivity index (χ4v) is 3.36. The van der Waals surface area contributed by atoms with Crippen molar-refractivity contribution < 1.29 is 0 Å². The van der Waals surface area contributed by atoms with Crippen molar-refractivity contribution in [3.05, 3.63) is 42.0 Å². The maximum absolute atomic E-state index is 4.40. The number of likely N-dealkylation sites (N-methyl/N-ethyl adjacent to an activating group) is 1. The molecule has 0 aliphatic rings. The predicted octanol–water partition coefficient (Wildman–Crippen LogP) is 3.09. The molecule has 1 unspecified atom stereocenters. The molecular formula is C16H24N4S. The molecule has 21 heavy (non-hydrogen) atoms. The smallest absolute Gasteiger partial charge is 0.138 e. The molecule has 4 nitrogen and oxygen atoms in total. The van der Waals surface area contributed by atoms with Gasteiger partial charge in [0.25, 0.3) is 0 Å². The molecule has 0 saturated heterocycles. The molecule has 2 rings (SSSR count). The van der Waals surface area contributed by atoms with Crippen LogP contribution in [0, 0.1) is 6.92 Å². The first-order valence-electron chi connectivity index (χ1n) is 7.36. The van der Waals surface area contributed by atoms with Crippen molar-refractivity contribution in [1.82, 2.24) is 20.1 Å². The number of aryl methyl sites for hydroxylation is 1. The maximum atomic E-state index is 4.40. The van der Waals surface area contributed by atoms with E-state index in [1.807, 2.05) is 23.5 Å². The number of aromatic nitrogens is 3. The van der Waals surface area contributed by atoms with Crippen LogP contribution in [0.2, 0.25) is 0 Å². The number of hydrogen-bond acceptors (Lipinski definition) is 4. The van der Waals surface area contributed by atoms with Crippen LogP contribution in [0.3, 0.4) is 0 Å². The molecule has 0 radical (unpaired) electrons. The maximum Gasteiger partial charge on any atom is 0.138 e. The van der Waals surface area contributed by atoms with Crippen LogP contribution in [0.1, 0.15) is 31.3 Å². The van der Waals surface area contributed by atoms with E-state index in [1.54, 1.807) is 6.33 Å². The molecule has 0 spiro atoms. The van der Waals surface area contributed by atoms with Crippen molar-refractivity contribution >= 4 is 11.8 Å². The monoisotopic (exact) mass is 304 g/mol. The third kappa shape index (κ3) is 4.32. The Labute approximate surface area is 131 Å². The van der Waals surface area contributed by atoms with Crippen molar-refractivity contribution in [1.29, 1.82) is 0 Å². The molecule has 114 valence electrons. The lowest BCUT2D eigenvalue weighted by atomic mass is 10.2. The molecule has 1 atom stereocenters. The van der Waals surface area contributed by atoms with Gasteiger partial charge < -0.3 is 5.32 Å². The molecule has 0 aliphatic heterocycles. The third-order valence-electron chi connectivity index (χ3n) is 3.51. The zero-order chi connectivity index (χ0) is 15.2. The lowest BCUT2D eigenvalue weighted by Gasteiger charge is -2.17. The minimum absolute atomic E-state index is 0.351. The minimum Gasteiger partial charge on any atom is -0.316 e. The minimum atomic E-state index is 0.351. The Balaban J connectivity index is 1.97. The first-order valence-corrected chi connectivity index (χ1v) is 8.34. The molecule has 1 N–H and O–H groups in total. The van der Waals surface area contributed by atoms with Gasteiger partial charge in [-0.15, -0.1) is 11.8 Å². The van der Waals surface area contributed by atoms with Gasteiger partial charge in [-0.2, -0.15) is 5.10 Å². The molecule has 0 fully saturated rings. The number of nitrogens with zero attached hydrogens (tertiary/aromatic N) is 3. The van der Waals surface area contributed by atoms with Gasteiger partial charge in [0.05, 0.1) is 0 Å². The van der Waals surface area contributed by atoms with Crippen LogP contribution in [-0.2, 0) is 6.42 Å². The van der Waals surface area contributed by atoms with Crippen LogP contribution in [0.5, 0.6) is 0 Å². The summed E-state index contributed by atoms with van der Waals surface area (Å²) in [5.74, 6) is 2.07. The molecule has 0 bridgehead atoms. The molecule has 0 saturated carbocycles. The van der Waals surface area contributed by atoms with E-state index in [2.05, 4.69) is 60.4 Å². The Morgan fingerprint density at radius 1 is 1.29 bits per heavy atom. The van der Waals surface area contributed by atoms with E-state index >= 15 is 0 Å². The summed E-state index contributed by atoms with van der Waals surface area (Å²) in [5.41, 5.74) is 1.34. The summed E-state index contributed by atoms with van der Waals surface area (Å²) in [6.07, 6.45) is 2.55. The Bertz CT molecular complexity index is 565.